The lowest BCUT2D eigenvalue weighted by atomic mass is 10.0. The molecular weight excluding hydrogens is 395 g/mol. The third kappa shape index (κ3) is 4.15. The van der Waals surface area contributed by atoms with Crippen LogP contribution < -0.4 is 21.1 Å². The summed E-state index contributed by atoms with van der Waals surface area (Å²) in [4.78, 5) is 0. The van der Waals surface area contributed by atoms with E-state index in [-0.39, 0.29) is 0 Å². The first-order valence-electron chi connectivity index (χ1n) is 10.8. The standard InChI is InChI=1S/C28H31PSi/c1-21-16-18-26(22(21)2)27-19-17-25(30(3,4)5)20-28(27)29(23-12-8-6-9-13-23)24-14-10-7-11-15-24/h6-17,19-20H,18H2,1-5H3. The van der Waals surface area contributed by atoms with E-state index in [0.717, 1.165) is 6.42 Å². The molecule has 0 nitrogen and oxygen atoms in total. The van der Waals surface area contributed by atoms with Crippen LogP contribution in [0.4, 0.5) is 0 Å². The zero-order valence-electron chi connectivity index (χ0n) is 18.7. The van der Waals surface area contributed by atoms with Crippen molar-refractivity contribution in [2.45, 2.75) is 39.9 Å². The van der Waals surface area contributed by atoms with Crippen LogP contribution in [0.5, 0.6) is 0 Å². The monoisotopic (exact) mass is 426 g/mol. The molecule has 3 aromatic rings. The van der Waals surface area contributed by atoms with Gasteiger partial charge in [-0.05, 0) is 60.8 Å². The Hall–Kier alpha value is -2.21. The van der Waals surface area contributed by atoms with Gasteiger partial charge >= 0.3 is 0 Å². The molecule has 0 amide bonds. The smallest absolute Gasteiger partial charge is 0.0769 e. The van der Waals surface area contributed by atoms with Crippen LogP contribution in [0.25, 0.3) is 5.57 Å². The first kappa shape index (κ1) is 21.0. The van der Waals surface area contributed by atoms with Crippen LogP contribution in [-0.4, -0.2) is 8.07 Å². The van der Waals surface area contributed by atoms with Crippen molar-refractivity contribution in [2.75, 3.05) is 0 Å². The van der Waals surface area contributed by atoms with Gasteiger partial charge in [0.15, 0.2) is 0 Å². The number of rotatable bonds is 5. The maximum atomic E-state index is 2.56. The highest BCUT2D eigenvalue weighted by atomic mass is 31.1. The van der Waals surface area contributed by atoms with Crippen molar-refractivity contribution in [3.05, 3.63) is 102 Å². The molecule has 0 aliphatic heterocycles. The molecule has 152 valence electrons. The molecule has 4 rings (SSSR count). The van der Waals surface area contributed by atoms with Gasteiger partial charge < -0.3 is 0 Å². The summed E-state index contributed by atoms with van der Waals surface area (Å²) in [6.45, 7) is 11.9. The Bertz CT molecular complexity index is 1060. The topological polar surface area (TPSA) is 0 Å². The Morgan fingerprint density at radius 1 is 0.733 bits per heavy atom. The van der Waals surface area contributed by atoms with Crippen molar-refractivity contribution >= 4 is 42.7 Å². The fraction of sp³-hybridized carbons (Fsp3) is 0.214. The quantitative estimate of drug-likeness (QED) is 0.341. The molecule has 0 atom stereocenters. The Balaban J connectivity index is 2.00. The minimum absolute atomic E-state index is 0.615. The van der Waals surface area contributed by atoms with Gasteiger partial charge in [0.1, 0.15) is 0 Å². The van der Waals surface area contributed by atoms with Crippen LogP contribution in [0.2, 0.25) is 19.6 Å². The molecule has 1 aliphatic carbocycles. The zero-order valence-corrected chi connectivity index (χ0v) is 20.6. The summed E-state index contributed by atoms with van der Waals surface area (Å²) in [5.74, 6) is 0. The van der Waals surface area contributed by atoms with Gasteiger partial charge in [0, 0.05) is 0 Å². The van der Waals surface area contributed by atoms with E-state index in [1.165, 1.54) is 38.2 Å². The number of hydrogen-bond donors (Lipinski definition) is 0. The van der Waals surface area contributed by atoms with Crippen LogP contribution in [0.15, 0.2) is 96.1 Å². The molecule has 0 saturated carbocycles. The molecule has 0 unspecified atom stereocenters. The minimum atomic E-state index is -1.42. The Labute approximate surface area is 184 Å². The van der Waals surface area contributed by atoms with E-state index in [2.05, 4.69) is 118 Å². The van der Waals surface area contributed by atoms with E-state index < -0.39 is 16.0 Å². The molecule has 3 aromatic carbocycles. The van der Waals surface area contributed by atoms with E-state index >= 15 is 0 Å². The predicted molar refractivity (Wildman–Crippen MR) is 139 cm³/mol. The average molecular weight is 427 g/mol. The summed E-state index contributed by atoms with van der Waals surface area (Å²) in [6, 6.07) is 29.6. The normalized spacial score (nSPS) is 14.4. The maximum absolute atomic E-state index is 2.56. The van der Waals surface area contributed by atoms with Gasteiger partial charge in [-0.1, -0.05) is 115 Å². The SMILES string of the molecule is CC1=CCC(c2ccc([Si](C)(C)C)cc2P(c2ccccc2)c2ccccc2)=C1C. The molecule has 0 aromatic heterocycles. The molecule has 0 heterocycles. The third-order valence-corrected chi connectivity index (χ3v) is 10.6. The van der Waals surface area contributed by atoms with Gasteiger partial charge in [-0.2, -0.15) is 0 Å². The molecule has 0 saturated heterocycles. The first-order chi connectivity index (χ1) is 14.4. The second-order valence-electron chi connectivity index (χ2n) is 9.18. The lowest BCUT2D eigenvalue weighted by Gasteiger charge is -2.26. The first-order valence-corrected chi connectivity index (χ1v) is 15.6. The summed E-state index contributed by atoms with van der Waals surface area (Å²) in [5.41, 5.74) is 5.83. The van der Waals surface area contributed by atoms with Crippen LogP contribution in [-0.2, 0) is 0 Å². The van der Waals surface area contributed by atoms with E-state index in [1.807, 2.05) is 0 Å². The molecule has 0 spiro atoms. The van der Waals surface area contributed by atoms with Gasteiger partial charge in [-0.15, -0.1) is 0 Å². The van der Waals surface area contributed by atoms with Crippen molar-refractivity contribution in [2.24, 2.45) is 0 Å². The second kappa shape index (κ2) is 8.50. The zero-order chi connectivity index (χ0) is 21.3. The highest BCUT2D eigenvalue weighted by molar-refractivity contribution is 7.80. The summed E-state index contributed by atoms with van der Waals surface area (Å²) in [5, 5.41) is 5.91. The van der Waals surface area contributed by atoms with Gasteiger partial charge in [0.25, 0.3) is 0 Å². The molecule has 2 heteroatoms. The largest absolute Gasteiger partial charge is 0.0776 e. The van der Waals surface area contributed by atoms with E-state index in [9.17, 15) is 0 Å². The molecule has 0 radical (unpaired) electrons. The number of benzene rings is 3. The van der Waals surface area contributed by atoms with Crippen molar-refractivity contribution in [3.8, 4) is 0 Å². The second-order valence-corrected chi connectivity index (χ2v) is 16.4. The van der Waals surface area contributed by atoms with Crippen LogP contribution in [0, 0.1) is 0 Å². The van der Waals surface area contributed by atoms with Gasteiger partial charge in [-0.3, -0.25) is 0 Å². The molecule has 0 N–H and O–H groups in total. The average Bonchev–Trinajstić information content (AvgIpc) is 3.07. The van der Waals surface area contributed by atoms with Crippen molar-refractivity contribution in [1.82, 2.24) is 0 Å². The van der Waals surface area contributed by atoms with Crippen LogP contribution in [0.1, 0.15) is 25.8 Å². The summed E-state index contributed by atoms with van der Waals surface area (Å²) in [6.07, 6.45) is 3.43. The van der Waals surface area contributed by atoms with E-state index in [1.54, 1.807) is 5.19 Å². The van der Waals surface area contributed by atoms with Crippen molar-refractivity contribution < 1.29 is 0 Å². The van der Waals surface area contributed by atoms with E-state index in [4.69, 9.17) is 0 Å². The van der Waals surface area contributed by atoms with Gasteiger partial charge in [0.05, 0.1) is 8.07 Å². The molecule has 30 heavy (non-hydrogen) atoms. The van der Waals surface area contributed by atoms with Crippen LogP contribution >= 0.6 is 7.92 Å². The lowest BCUT2D eigenvalue weighted by Crippen LogP contribution is -2.40. The molecule has 0 fully saturated rings. The fourth-order valence-corrected chi connectivity index (χ4v) is 7.93. The minimum Gasteiger partial charge on any atom is -0.0769 e. The van der Waals surface area contributed by atoms with Gasteiger partial charge in [-0.25, -0.2) is 0 Å². The molecule has 0 bridgehead atoms. The Kier molecular flexibility index (Phi) is 5.96. The van der Waals surface area contributed by atoms with Crippen molar-refractivity contribution in [1.29, 1.82) is 0 Å². The highest BCUT2D eigenvalue weighted by Crippen LogP contribution is 2.39. The number of hydrogen-bond acceptors (Lipinski definition) is 0. The summed E-state index contributed by atoms with van der Waals surface area (Å²) < 4.78 is 0. The summed E-state index contributed by atoms with van der Waals surface area (Å²) in [7, 11) is -2.04. The Morgan fingerprint density at radius 3 is 1.77 bits per heavy atom. The molecule has 1 aliphatic rings. The van der Waals surface area contributed by atoms with Crippen LogP contribution in [0.3, 0.4) is 0 Å². The van der Waals surface area contributed by atoms with E-state index in [0.29, 0.717) is 0 Å². The molecular formula is C28H31PSi. The Morgan fingerprint density at radius 2 is 1.30 bits per heavy atom. The maximum Gasteiger partial charge on any atom is 0.0776 e. The van der Waals surface area contributed by atoms with Gasteiger partial charge in [0.2, 0.25) is 0 Å². The predicted octanol–water partition coefficient (Wildman–Crippen LogP) is 6.11. The highest BCUT2D eigenvalue weighted by Gasteiger charge is 2.26. The fourth-order valence-electron chi connectivity index (χ4n) is 4.13. The summed E-state index contributed by atoms with van der Waals surface area (Å²) >= 11 is 0. The third-order valence-electron chi connectivity index (χ3n) is 6.12. The lowest BCUT2D eigenvalue weighted by molar-refractivity contribution is 1.39. The number of allylic oxidation sites excluding steroid dienone is 4. The van der Waals surface area contributed by atoms with Crippen molar-refractivity contribution in [3.63, 3.8) is 0 Å².